The van der Waals surface area contributed by atoms with Crippen LogP contribution in [0.5, 0.6) is 0 Å². The monoisotopic (exact) mass is 607 g/mol. The SMILES string of the molecule is CNC1CCC(C(=O)N2CCC([C@H]3c4ncc(Br)cc4CCc4cc(Cl)cc(Br)c43)CC2)CC1. The number of benzene rings is 1. The van der Waals surface area contributed by atoms with Crippen LogP contribution in [0.15, 0.2) is 33.3 Å². The van der Waals surface area contributed by atoms with Crippen LogP contribution in [0, 0.1) is 11.8 Å². The Bertz CT molecular complexity index is 1060. The fraction of sp³-hybridized carbons (Fsp3) is 0.556. The van der Waals surface area contributed by atoms with Gasteiger partial charge in [-0.15, -0.1) is 0 Å². The number of halogens is 3. The number of rotatable bonds is 3. The Morgan fingerprint density at radius 3 is 2.44 bits per heavy atom. The van der Waals surface area contributed by atoms with E-state index in [0.29, 0.717) is 17.9 Å². The van der Waals surface area contributed by atoms with E-state index in [1.54, 1.807) is 0 Å². The van der Waals surface area contributed by atoms with Crippen molar-refractivity contribution in [3.05, 3.63) is 60.7 Å². The van der Waals surface area contributed by atoms with E-state index in [2.05, 4.69) is 54.2 Å². The number of pyridine rings is 1. The molecule has 7 heteroatoms. The van der Waals surface area contributed by atoms with Crippen molar-refractivity contribution in [2.45, 2.75) is 63.3 Å². The molecular weight excluding hydrogens is 578 g/mol. The summed E-state index contributed by atoms with van der Waals surface area (Å²) in [6, 6.07) is 6.97. The predicted octanol–water partition coefficient (Wildman–Crippen LogP) is 6.51. The van der Waals surface area contributed by atoms with Gasteiger partial charge < -0.3 is 10.2 Å². The number of aromatic nitrogens is 1. The molecule has 2 aromatic rings. The van der Waals surface area contributed by atoms with Crippen molar-refractivity contribution in [3.8, 4) is 0 Å². The smallest absolute Gasteiger partial charge is 0.225 e. The molecule has 0 radical (unpaired) electrons. The van der Waals surface area contributed by atoms with Crippen LogP contribution < -0.4 is 5.32 Å². The molecule has 182 valence electrons. The van der Waals surface area contributed by atoms with Crippen molar-refractivity contribution < 1.29 is 4.79 Å². The molecule has 4 nitrogen and oxygen atoms in total. The first kappa shape index (κ1) is 24.7. The summed E-state index contributed by atoms with van der Waals surface area (Å²) in [4.78, 5) is 20.4. The van der Waals surface area contributed by atoms with Gasteiger partial charge in [0.05, 0.1) is 5.69 Å². The molecule has 1 N–H and O–H groups in total. The number of carbonyl (C=O) groups is 1. The molecule has 1 amide bonds. The third-order valence-electron chi connectivity index (χ3n) is 8.22. The molecule has 5 rings (SSSR count). The molecule has 0 unspecified atom stereocenters. The molecule has 2 fully saturated rings. The number of nitrogens with zero attached hydrogens (tertiary/aromatic N) is 2. The lowest BCUT2D eigenvalue weighted by molar-refractivity contribution is -0.138. The van der Waals surface area contributed by atoms with Gasteiger partial charge in [0, 0.05) is 51.1 Å². The fourth-order valence-corrected chi connectivity index (χ4v) is 7.87. The number of hydrogen-bond acceptors (Lipinski definition) is 3. The van der Waals surface area contributed by atoms with Crippen LogP contribution in [0.2, 0.25) is 5.02 Å². The molecule has 1 saturated carbocycles. The van der Waals surface area contributed by atoms with Crippen molar-refractivity contribution in [2.24, 2.45) is 11.8 Å². The fourth-order valence-electron chi connectivity index (χ4n) is 6.37. The molecule has 34 heavy (non-hydrogen) atoms. The van der Waals surface area contributed by atoms with Crippen LogP contribution in [-0.4, -0.2) is 42.0 Å². The standard InChI is InChI=1S/C27H32Br2ClN3O/c1-31-22-6-4-17(5-7-22)27(34)33-10-8-16(9-11-33)25-24-18(13-21(30)14-23(24)29)2-3-19-12-20(28)15-32-26(19)25/h12-17,22,25,31H,2-11H2,1H3/t17?,22?,25-/m1/s1. The van der Waals surface area contributed by atoms with E-state index in [0.717, 1.165) is 78.4 Å². The summed E-state index contributed by atoms with van der Waals surface area (Å²) in [5, 5.41) is 4.15. The third-order valence-corrected chi connectivity index (χ3v) is 9.53. The number of likely N-dealkylation sites (tertiary alicyclic amines) is 1. The van der Waals surface area contributed by atoms with Crippen LogP contribution >= 0.6 is 43.5 Å². The topological polar surface area (TPSA) is 45.2 Å². The first-order valence-electron chi connectivity index (χ1n) is 12.5. The second-order valence-electron chi connectivity index (χ2n) is 10.1. The van der Waals surface area contributed by atoms with Crippen molar-refractivity contribution in [3.63, 3.8) is 0 Å². The van der Waals surface area contributed by atoms with Crippen molar-refractivity contribution >= 4 is 49.4 Å². The van der Waals surface area contributed by atoms with Gasteiger partial charge >= 0.3 is 0 Å². The Kier molecular flexibility index (Phi) is 7.69. The highest BCUT2D eigenvalue weighted by atomic mass is 79.9. The zero-order chi connectivity index (χ0) is 23.8. The van der Waals surface area contributed by atoms with E-state index in [9.17, 15) is 4.79 Å². The van der Waals surface area contributed by atoms with Crippen LogP contribution in [0.1, 0.15) is 66.8 Å². The quantitative estimate of drug-likeness (QED) is 0.432. The van der Waals surface area contributed by atoms with Crippen molar-refractivity contribution in [1.82, 2.24) is 15.2 Å². The minimum absolute atomic E-state index is 0.204. The van der Waals surface area contributed by atoms with Gasteiger partial charge in [-0.05, 0) is 115 Å². The van der Waals surface area contributed by atoms with Gasteiger partial charge in [-0.2, -0.15) is 0 Å². The molecule has 1 atom stereocenters. The minimum atomic E-state index is 0.204. The van der Waals surface area contributed by atoms with E-state index in [1.165, 1.54) is 22.4 Å². The zero-order valence-corrected chi connectivity index (χ0v) is 23.6. The number of piperidine rings is 1. The first-order valence-corrected chi connectivity index (χ1v) is 14.5. The van der Waals surface area contributed by atoms with Crippen LogP contribution in [0.3, 0.4) is 0 Å². The molecule has 1 aliphatic heterocycles. The average molecular weight is 610 g/mol. The summed E-state index contributed by atoms with van der Waals surface area (Å²) in [6.45, 7) is 1.69. The molecule has 3 aliphatic rings. The Morgan fingerprint density at radius 2 is 1.74 bits per heavy atom. The van der Waals surface area contributed by atoms with Gasteiger partial charge in [-0.1, -0.05) is 27.5 Å². The highest BCUT2D eigenvalue weighted by molar-refractivity contribution is 9.10. The van der Waals surface area contributed by atoms with E-state index in [1.807, 2.05) is 19.3 Å². The number of hydrogen-bond donors (Lipinski definition) is 1. The number of fused-ring (bicyclic) bond motifs is 2. The molecule has 1 aromatic heterocycles. The van der Waals surface area contributed by atoms with Gasteiger partial charge in [0.15, 0.2) is 0 Å². The molecule has 2 aliphatic carbocycles. The van der Waals surface area contributed by atoms with Gasteiger partial charge in [-0.25, -0.2) is 0 Å². The largest absolute Gasteiger partial charge is 0.342 e. The lowest BCUT2D eigenvalue weighted by Gasteiger charge is -2.39. The maximum absolute atomic E-state index is 13.3. The summed E-state index contributed by atoms with van der Waals surface area (Å²) in [7, 11) is 2.03. The normalized spacial score (nSPS) is 25.4. The molecule has 0 spiro atoms. The Balaban J connectivity index is 1.38. The number of amides is 1. The number of nitrogens with one attached hydrogen (secondary N) is 1. The van der Waals surface area contributed by atoms with Crippen LogP contribution in [-0.2, 0) is 17.6 Å². The predicted molar refractivity (Wildman–Crippen MR) is 144 cm³/mol. The van der Waals surface area contributed by atoms with Crippen molar-refractivity contribution in [2.75, 3.05) is 20.1 Å². The summed E-state index contributed by atoms with van der Waals surface area (Å²) >= 11 is 13.9. The van der Waals surface area contributed by atoms with E-state index in [-0.39, 0.29) is 11.8 Å². The maximum atomic E-state index is 13.3. The van der Waals surface area contributed by atoms with Crippen molar-refractivity contribution in [1.29, 1.82) is 0 Å². The lowest BCUT2D eigenvalue weighted by atomic mass is 9.76. The molecule has 1 aromatic carbocycles. The van der Waals surface area contributed by atoms with Crippen LogP contribution in [0.4, 0.5) is 0 Å². The second-order valence-corrected chi connectivity index (χ2v) is 12.3. The first-order chi connectivity index (χ1) is 16.4. The summed E-state index contributed by atoms with van der Waals surface area (Å²) in [5.74, 6) is 1.25. The molecule has 1 saturated heterocycles. The second kappa shape index (κ2) is 10.6. The summed E-state index contributed by atoms with van der Waals surface area (Å²) in [6.07, 6.45) is 10.1. The molecular formula is C27H32Br2ClN3O. The number of aryl methyl sites for hydroxylation is 2. The van der Waals surface area contributed by atoms with E-state index in [4.69, 9.17) is 16.6 Å². The lowest BCUT2D eigenvalue weighted by Crippen LogP contribution is -2.44. The highest BCUT2D eigenvalue weighted by Gasteiger charge is 2.37. The highest BCUT2D eigenvalue weighted by Crippen LogP contribution is 2.46. The Hall–Kier alpha value is -0.950. The third kappa shape index (κ3) is 4.98. The Morgan fingerprint density at radius 1 is 1.03 bits per heavy atom. The van der Waals surface area contributed by atoms with Gasteiger partial charge in [0.2, 0.25) is 5.91 Å². The zero-order valence-electron chi connectivity index (χ0n) is 19.6. The number of carbonyl (C=O) groups excluding carboxylic acids is 1. The maximum Gasteiger partial charge on any atom is 0.225 e. The molecule has 0 bridgehead atoms. The average Bonchev–Trinajstić information content (AvgIpc) is 3.00. The molecule has 2 heterocycles. The van der Waals surface area contributed by atoms with Crippen LogP contribution in [0.25, 0.3) is 0 Å². The van der Waals surface area contributed by atoms with Gasteiger partial charge in [-0.3, -0.25) is 9.78 Å². The van der Waals surface area contributed by atoms with E-state index >= 15 is 0 Å². The van der Waals surface area contributed by atoms with E-state index < -0.39 is 0 Å². The Labute approximate surface area is 224 Å². The summed E-state index contributed by atoms with van der Waals surface area (Å²) < 4.78 is 2.11. The van der Waals surface area contributed by atoms with Gasteiger partial charge in [0.25, 0.3) is 0 Å². The summed E-state index contributed by atoms with van der Waals surface area (Å²) in [5.41, 5.74) is 5.17. The minimum Gasteiger partial charge on any atom is -0.342 e. The van der Waals surface area contributed by atoms with Gasteiger partial charge in [0.1, 0.15) is 0 Å².